The molecule has 0 aromatic carbocycles. The molecule has 1 rings (SSSR count). The van der Waals surface area contributed by atoms with E-state index in [9.17, 15) is 8.42 Å². The van der Waals surface area contributed by atoms with Crippen molar-refractivity contribution in [2.75, 3.05) is 7.11 Å². The summed E-state index contributed by atoms with van der Waals surface area (Å²) in [7, 11) is -2.46. The molecule has 0 atom stereocenters. The standard InChI is InChI=1S/C6H7BrN2O3S.H3N/c1-12-6-5(13(8,10)11)2-4(7)3-9-6;/h2-3H,1H3,(H2,8,10,11);1H3. The Hall–Kier alpha value is -0.700. The number of aromatic nitrogens is 1. The molecule has 8 heteroatoms. The monoisotopic (exact) mass is 283 g/mol. The Kier molecular flexibility index (Phi) is 4.46. The molecule has 0 saturated heterocycles. The highest BCUT2D eigenvalue weighted by molar-refractivity contribution is 9.10. The molecule has 0 aliphatic heterocycles. The first-order valence-corrected chi connectivity index (χ1v) is 5.51. The minimum absolute atomic E-state index is 0. The highest BCUT2D eigenvalue weighted by Gasteiger charge is 2.16. The van der Waals surface area contributed by atoms with E-state index in [0.29, 0.717) is 4.47 Å². The van der Waals surface area contributed by atoms with Crippen molar-refractivity contribution < 1.29 is 13.2 Å². The molecule has 1 aromatic heterocycles. The molecule has 80 valence electrons. The van der Waals surface area contributed by atoms with Crippen LogP contribution in [0.2, 0.25) is 0 Å². The van der Waals surface area contributed by atoms with Gasteiger partial charge in [0.05, 0.1) is 7.11 Å². The van der Waals surface area contributed by atoms with E-state index < -0.39 is 10.0 Å². The molecule has 0 radical (unpaired) electrons. The van der Waals surface area contributed by atoms with Gasteiger partial charge in [-0.1, -0.05) is 0 Å². The Bertz CT molecular complexity index is 420. The third kappa shape index (κ3) is 2.91. The van der Waals surface area contributed by atoms with E-state index in [2.05, 4.69) is 20.9 Å². The number of primary sulfonamides is 1. The van der Waals surface area contributed by atoms with E-state index in [0.717, 1.165) is 0 Å². The van der Waals surface area contributed by atoms with Gasteiger partial charge in [-0.15, -0.1) is 0 Å². The predicted molar refractivity (Wildman–Crippen MR) is 54.9 cm³/mol. The third-order valence-corrected chi connectivity index (χ3v) is 2.62. The van der Waals surface area contributed by atoms with Crippen molar-refractivity contribution in [3.63, 3.8) is 0 Å². The average molecular weight is 284 g/mol. The number of ether oxygens (including phenoxy) is 1. The number of nitrogens with zero attached hydrogens (tertiary/aromatic N) is 1. The fourth-order valence-corrected chi connectivity index (χ4v) is 1.92. The van der Waals surface area contributed by atoms with Crippen LogP contribution in [0.5, 0.6) is 5.88 Å². The van der Waals surface area contributed by atoms with Crippen molar-refractivity contribution in [2.24, 2.45) is 5.14 Å². The van der Waals surface area contributed by atoms with Crippen LogP contribution in [0.3, 0.4) is 0 Å². The molecule has 14 heavy (non-hydrogen) atoms. The van der Waals surface area contributed by atoms with E-state index in [4.69, 9.17) is 9.88 Å². The highest BCUT2D eigenvalue weighted by atomic mass is 79.9. The van der Waals surface area contributed by atoms with Gasteiger partial charge in [0.1, 0.15) is 4.90 Å². The van der Waals surface area contributed by atoms with E-state index in [1.165, 1.54) is 19.4 Å². The Labute approximate surface area is 90.2 Å². The smallest absolute Gasteiger partial charge is 0.243 e. The number of nitrogens with two attached hydrogens (primary N) is 1. The summed E-state index contributed by atoms with van der Waals surface area (Å²) in [6, 6.07) is 1.33. The highest BCUT2D eigenvalue weighted by Crippen LogP contribution is 2.22. The first kappa shape index (κ1) is 13.3. The summed E-state index contributed by atoms with van der Waals surface area (Å²) in [4.78, 5) is 3.60. The Morgan fingerprint density at radius 3 is 2.57 bits per heavy atom. The lowest BCUT2D eigenvalue weighted by Gasteiger charge is -2.04. The van der Waals surface area contributed by atoms with Crippen molar-refractivity contribution in [1.82, 2.24) is 11.1 Å². The summed E-state index contributed by atoms with van der Waals surface area (Å²) in [5.41, 5.74) is 0. The maximum Gasteiger partial charge on any atom is 0.243 e. The van der Waals surface area contributed by atoms with Gasteiger partial charge >= 0.3 is 0 Å². The lowest BCUT2D eigenvalue weighted by molar-refractivity contribution is 0.385. The number of rotatable bonds is 2. The fourth-order valence-electron chi connectivity index (χ4n) is 0.765. The summed E-state index contributed by atoms with van der Waals surface area (Å²) >= 11 is 3.08. The van der Waals surface area contributed by atoms with Crippen molar-refractivity contribution in [3.05, 3.63) is 16.7 Å². The summed E-state index contributed by atoms with van der Waals surface area (Å²) < 4.78 is 27.3. The van der Waals surface area contributed by atoms with Crippen LogP contribution in [0.25, 0.3) is 0 Å². The molecule has 0 saturated carbocycles. The Morgan fingerprint density at radius 1 is 1.57 bits per heavy atom. The minimum atomic E-state index is -3.79. The summed E-state index contributed by atoms with van der Waals surface area (Å²) in [6.07, 6.45) is 1.42. The van der Waals surface area contributed by atoms with Crippen LogP contribution in [-0.4, -0.2) is 20.5 Å². The lowest BCUT2D eigenvalue weighted by Crippen LogP contribution is -2.14. The van der Waals surface area contributed by atoms with Crippen LogP contribution < -0.4 is 16.0 Å². The quantitative estimate of drug-likeness (QED) is 0.827. The minimum Gasteiger partial charge on any atom is -0.480 e. The van der Waals surface area contributed by atoms with E-state index >= 15 is 0 Å². The molecule has 0 aliphatic rings. The van der Waals surface area contributed by atoms with Crippen LogP contribution in [-0.2, 0) is 10.0 Å². The second kappa shape index (κ2) is 4.69. The molecular weight excluding hydrogens is 274 g/mol. The molecule has 0 spiro atoms. The van der Waals surface area contributed by atoms with Gasteiger partial charge < -0.3 is 10.9 Å². The first-order chi connectivity index (χ1) is 5.95. The molecule has 1 aromatic rings. The van der Waals surface area contributed by atoms with Crippen LogP contribution >= 0.6 is 15.9 Å². The average Bonchev–Trinajstić information content (AvgIpc) is 2.03. The number of pyridine rings is 1. The van der Waals surface area contributed by atoms with E-state index in [1.807, 2.05) is 0 Å². The van der Waals surface area contributed by atoms with Crippen molar-refractivity contribution >= 4 is 26.0 Å². The number of hydrogen-bond donors (Lipinski definition) is 2. The summed E-state index contributed by atoms with van der Waals surface area (Å²) in [5.74, 6) is -0.00861. The van der Waals surface area contributed by atoms with E-state index in [1.54, 1.807) is 0 Å². The number of sulfonamides is 1. The van der Waals surface area contributed by atoms with Crippen molar-refractivity contribution in [1.29, 1.82) is 0 Å². The van der Waals surface area contributed by atoms with Crippen molar-refractivity contribution in [3.8, 4) is 5.88 Å². The van der Waals surface area contributed by atoms with Gasteiger partial charge in [0.2, 0.25) is 15.9 Å². The molecular formula is C6H10BrN3O3S. The van der Waals surface area contributed by atoms with Crippen LogP contribution in [0, 0.1) is 0 Å². The van der Waals surface area contributed by atoms with Gasteiger partial charge in [0.15, 0.2) is 0 Å². The van der Waals surface area contributed by atoms with Crippen LogP contribution in [0.4, 0.5) is 0 Å². The molecule has 1 heterocycles. The van der Waals surface area contributed by atoms with Crippen LogP contribution in [0.1, 0.15) is 0 Å². The summed E-state index contributed by atoms with van der Waals surface area (Å²) in [5, 5.41) is 4.93. The number of methoxy groups -OCH3 is 1. The lowest BCUT2D eigenvalue weighted by atomic mass is 10.5. The molecule has 0 unspecified atom stereocenters. The van der Waals surface area contributed by atoms with Gasteiger partial charge in [-0.05, 0) is 22.0 Å². The second-order valence-corrected chi connectivity index (χ2v) is 4.65. The van der Waals surface area contributed by atoms with Gasteiger partial charge in [0, 0.05) is 10.7 Å². The number of hydrogen-bond acceptors (Lipinski definition) is 5. The van der Waals surface area contributed by atoms with Gasteiger partial charge in [-0.2, -0.15) is 0 Å². The first-order valence-electron chi connectivity index (χ1n) is 3.17. The molecule has 5 N–H and O–H groups in total. The van der Waals surface area contributed by atoms with E-state index in [-0.39, 0.29) is 16.9 Å². The zero-order valence-corrected chi connectivity index (χ0v) is 9.80. The third-order valence-electron chi connectivity index (χ3n) is 1.28. The topological polar surface area (TPSA) is 117 Å². The Balaban J connectivity index is 0.00000169. The van der Waals surface area contributed by atoms with Gasteiger partial charge in [0.25, 0.3) is 0 Å². The summed E-state index contributed by atoms with van der Waals surface area (Å²) in [6.45, 7) is 0. The van der Waals surface area contributed by atoms with Gasteiger partial charge in [-0.3, -0.25) is 0 Å². The van der Waals surface area contributed by atoms with Crippen LogP contribution in [0.15, 0.2) is 21.6 Å². The molecule has 6 nitrogen and oxygen atoms in total. The number of halogens is 1. The second-order valence-electron chi connectivity index (χ2n) is 2.21. The largest absolute Gasteiger partial charge is 0.480 e. The maximum absolute atomic E-state index is 11.0. The molecule has 0 fully saturated rings. The Morgan fingerprint density at radius 2 is 2.14 bits per heavy atom. The SMILES string of the molecule is COc1ncc(Br)cc1S(N)(=O)=O.N. The zero-order valence-electron chi connectivity index (χ0n) is 7.40. The fraction of sp³-hybridized carbons (Fsp3) is 0.167. The normalized spacial score (nSPS) is 10.5. The molecule has 0 aliphatic carbocycles. The van der Waals surface area contributed by atoms with Crippen molar-refractivity contribution in [2.45, 2.75) is 4.90 Å². The predicted octanol–water partition coefficient (Wildman–Crippen LogP) is 0.662. The maximum atomic E-state index is 11.0. The zero-order chi connectivity index (χ0) is 10.1. The van der Waals surface area contributed by atoms with Gasteiger partial charge in [-0.25, -0.2) is 18.5 Å². The molecule has 0 amide bonds. The molecule has 0 bridgehead atoms.